The number of carbonyl (C=O) groups is 1. The van der Waals surface area contributed by atoms with Crippen molar-refractivity contribution in [2.75, 3.05) is 7.05 Å². The lowest BCUT2D eigenvalue weighted by atomic mass is 9.79. The zero-order valence-corrected chi connectivity index (χ0v) is 16.3. The largest absolute Gasteiger partial charge is 0.416 e. The van der Waals surface area contributed by atoms with E-state index in [9.17, 15) is 18.0 Å². The lowest BCUT2D eigenvalue weighted by Gasteiger charge is -2.40. The molecule has 4 rings (SSSR count). The molecule has 2 atom stereocenters. The van der Waals surface area contributed by atoms with E-state index in [1.54, 1.807) is 13.1 Å². The number of carbonyl (C=O) groups excluding carboxylic acids is 1. The number of guanidine groups is 1. The topological polar surface area (TPSA) is 58.7 Å². The van der Waals surface area contributed by atoms with E-state index in [1.807, 2.05) is 18.4 Å². The van der Waals surface area contributed by atoms with Crippen LogP contribution in [0, 0.1) is 11.8 Å². The maximum absolute atomic E-state index is 13.0. The number of nitrogens with zero attached hydrogens (tertiary/aromatic N) is 2. The van der Waals surface area contributed by atoms with Crippen LogP contribution in [0.4, 0.5) is 13.2 Å². The average Bonchev–Trinajstić information content (AvgIpc) is 3.32. The second-order valence-electron chi connectivity index (χ2n) is 7.61. The molecule has 2 aliphatic rings. The molecule has 1 saturated carbocycles. The fourth-order valence-electron chi connectivity index (χ4n) is 3.87. The van der Waals surface area contributed by atoms with Gasteiger partial charge in [0.15, 0.2) is 5.96 Å². The first-order chi connectivity index (χ1) is 13.1. The van der Waals surface area contributed by atoms with Crippen LogP contribution in [-0.2, 0) is 16.5 Å². The molecule has 1 aliphatic carbocycles. The van der Waals surface area contributed by atoms with Crippen LogP contribution in [0.1, 0.15) is 30.2 Å². The number of alkyl halides is 3. The number of aliphatic imine (C=N–C) groups is 1. The summed E-state index contributed by atoms with van der Waals surface area (Å²) in [7, 11) is 1.62. The number of thiophene rings is 1. The van der Waals surface area contributed by atoms with Gasteiger partial charge in [-0.3, -0.25) is 9.69 Å². The maximum Gasteiger partial charge on any atom is 0.416 e. The summed E-state index contributed by atoms with van der Waals surface area (Å²) in [5, 5.41) is 1.81. The molecule has 2 heterocycles. The SMILES string of the molecule is CN1C(=O)[C@H](C2CC2)[C@@](C)(c2cc(-c3cccc(C(F)(F)F)c3)cs2)N=C1N. The highest BCUT2D eigenvalue weighted by atomic mass is 32.1. The van der Waals surface area contributed by atoms with Gasteiger partial charge in [0.25, 0.3) is 0 Å². The quantitative estimate of drug-likeness (QED) is 0.817. The van der Waals surface area contributed by atoms with E-state index in [2.05, 4.69) is 4.99 Å². The van der Waals surface area contributed by atoms with Gasteiger partial charge in [-0.2, -0.15) is 13.2 Å². The van der Waals surface area contributed by atoms with Crippen LogP contribution in [0.25, 0.3) is 11.1 Å². The first-order valence-corrected chi connectivity index (χ1v) is 9.89. The van der Waals surface area contributed by atoms with Crippen LogP contribution in [-0.4, -0.2) is 23.8 Å². The van der Waals surface area contributed by atoms with Gasteiger partial charge in [0.05, 0.1) is 11.5 Å². The number of nitrogens with two attached hydrogens (primary N) is 1. The van der Waals surface area contributed by atoms with Crippen LogP contribution in [0.3, 0.4) is 0 Å². The summed E-state index contributed by atoms with van der Waals surface area (Å²) in [5.41, 5.74) is 5.66. The van der Waals surface area contributed by atoms with Crippen LogP contribution < -0.4 is 5.73 Å². The summed E-state index contributed by atoms with van der Waals surface area (Å²) in [6.45, 7) is 1.90. The van der Waals surface area contributed by atoms with Crippen molar-refractivity contribution in [1.29, 1.82) is 0 Å². The first-order valence-electron chi connectivity index (χ1n) is 9.01. The Hall–Kier alpha value is -2.35. The van der Waals surface area contributed by atoms with Crippen LogP contribution >= 0.6 is 11.3 Å². The van der Waals surface area contributed by atoms with Crippen molar-refractivity contribution in [2.45, 2.75) is 31.5 Å². The molecule has 2 N–H and O–H groups in total. The minimum atomic E-state index is -4.39. The smallest absolute Gasteiger partial charge is 0.369 e. The van der Waals surface area contributed by atoms with E-state index >= 15 is 0 Å². The zero-order valence-electron chi connectivity index (χ0n) is 15.5. The van der Waals surface area contributed by atoms with Gasteiger partial charge in [-0.15, -0.1) is 11.3 Å². The Morgan fingerprint density at radius 2 is 1.96 bits per heavy atom. The van der Waals surface area contributed by atoms with Crippen molar-refractivity contribution in [1.82, 2.24) is 4.90 Å². The number of halogens is 3. The molecule has 1 fully saturated rings. The van der Waals surface area contributed by atoms with Crippen molar-refractivity contribution in [3.63, 3.8) is 0 Å². The molecule has 0 spiro atoms. The molecule has 1 aromatic heterocycles. The third kappa shape index (κ3) is 3.09. The number of benzene rings is 1. The molecule has 0 bridgehead atoms. The highest BCUT2D eigenvalue weighted by Gasteiger charge is 2.53. The summed E-state index contributed by atoms with van der Waals surface area (Å²) in [5.74, 6) is 0.0682. The summed E-state index contributed by atoms with van der Waals surface area (Å²) in [4.78, 5) is 19.8. The Morgan fingerprint density at radius 3 is 2.61 bits per heavy atom. The molecule has 4 nitrogen and oxygen atoms in total. The highest BCUT2D eigenvalue weighted by molar-refractivity contribution is 7.10. The van der Waals surface area contributed by atoms with E-state index < -0.39 is 17.3 Å². The minimum absolute atomic E-state index is 0.0495. The van der Waals surface area contributed by atoms with Gasteiger partial charge in [0, 0.05) is 11.9 Å². The molecule has 0 saturated heterocycles. The van der Waals surface area contributed by atoms with Gasteiger partial charge in [-0.1, -0.05) is 12.1 Å². The number of hydrogen-bond acceptors (Lipinski definition) is 4. The lowest BCUT2D eigenvalue weighted by molar-refractivity contribution is -0.137. The van der Waals surface area contributed by atoms with Crippen molar-refractivity contribution >= 4 is 23.2 Å². The van der Waals surface area contributed by atoms with Crippen molar-refractivity contribution < 1.29 is 18.0 Å². The Bertz CT molecular complexity index is 964. The Kier molecular flexibility index (Phi) is 4.30. The zero-order chi connectivity index (χ0) is 20.3. The second kappa shape index (κ2) is 6.34. The Morgan fingerprint density at radius 1 is 1.25 bits per heavy atom. The van der Waals surface area contributed by atoms with E-state index in [1.165, 1.54) is 22.3 Å². The molecular formula is C20H20F3N3OS. The third-order valence-corrected chi connectivity index (χ3v) is 6.76. The molecular weight excluding hydrogens is 387 g/mol. The third-order valence-electron chi connectivity index (χ3n) is 5.61. The van der Waals surface area contributed by atoms with Crippen molar-refractivity contribution in [3.8, 4) is 11.1 Å². The number of hydrogen-bond donors (Lipinski definition) is 1. The number of amides is 1. The Labute approximate surface area is 164 Å². The maximum atomic E-state index is 13.0. The van der Waals surface area contributed by atoms with Gasteiger partial charge < -0.3 is 5.73 Å². The fourth-order valence-corrected chi connectivity index (χ4v) is 4.94. The average molecular weight is 407 g/mol. The van der Waals surface area contributed by atoms with Gasteiger partial charge >= 0.3 is 6.18 Å². The number of rotatable bonds is 3. The van der Waals surface area contributed by atoms with E-state index in [0.29, 0.717) is 11.1 Å². The van der Waals surface area contributed by atoms with Crippen LogP contribution in [0.2, 0.25) is 0 Å². The molecule has 1 amide bonds. The monoisotopic (exact) mass is 407 g/mol. The van der Waals surface area contributed by atoms with E-state index in [-0.39, 0.29) is 23.7 Å². The van der Waals surface area contributed by atoms with E-state index in [4.69, 9.17) is 5.73 Å². The summed E-state index contributed by atoms with van der Waals surface area (Å²) < 4.78 is 39.1. The summed E-state index contributed by atoms with van der Waals surface area (Å²) in [6, 6.07) is 7.09. The van der Waals surface area contributed by atoms with Gasteiger partial charge in [-0.25, -0.2) is 4.99 Å². The predicted octanol–water partition coefficient (Wildman–Crippen LogP) is 4.46. The molecule has 8 heteroatoms. The van der Waals surface area contributed by atoms with Crippen LogP contribution in [0.5, 0.6) is 0 Å². The standard InChI is InChI=1S/C20H20F3N3OS/c1-19(16(11-6-7-11)17(27)26(2)18(24)25-19)15-9-13(10-28-15)12-4-3-5-14(8-12)20(21,22)23/h3-5,8-11,16H,6-7H2,1-2H3,(H2,24,25)/t16-,19+/m0/s1. The normalized spacial score (nSPS) is 25.8. The summed E-state index contributed by atoms with van der Waals surface area (Å²) in [6.07, 6.45) is -2.45. The molecule has 0 radical (unpaired) electrons. The highest BCUT2D eigenvalue weighted by Crippen LogP contribution is 2.51. The summed E-state index contributed by atoms with van der Waals surface area (Å²) >= 11 is 1.40. The molecule has 0 unspecified atom stereocenters. The predicted molar refractivity (Wildman–Crippen MR) is 103 cm³/mol. The molecule has 1 aromatic carbocycles. The fraction of sp³-hybridized carbons (Fsp3) is 0.400. The second-order valence-corrected chi connectivity index (χ2v) is 8.52. The molecule has 1 aliphatic heterocycles. The molecule has 148 valence electrons. The Balaban J connectivity index is 1.75. The minimum Gasteiger partial charge on any atom is -0.369 e. The van der Waals surface area contributed by atoms with Crippen molar-refractivity contribution in [2.24, 2.45) is 22.6 Å². The van der Waals surface area contributed by atoms with Gasteiger partial charge in [-0.05, 0) is 60.4 Å². The van der Waals surface area contributed by atoms with Crippen molar-refractivity contribution in [3.05, 3.63) is 46.2 Å². The van der Waals surface area contributed by atoms with E-state index in [0.717, 1.165) is 29.9 Å². The first kappa shape index (κ1) is 19.0. The lowest BCUT2D eigenvalue weighted by Crippen LogP contribution is -2.54. The van der Waals surface area contributed by atoms with Gasteiger partial charge in [0.2, 0.25) is 5.91 Å². The molecule has 28 heavy (non-hydrogen) atoms. The molecule has 2 aromatic rings. The van der Waals surface area contributed by atoms with Gasteiger partial charge in [0.1, 0.15) is 5.54 Å². The van der Waals surface area contributed by atoms with Crippen LogP contribution in [0.15, 0.2) is 40.7 Å².